The third-order valence-electron chi connectivity index (χ3n) is 4.20. The second-order valence-electron chi connectivity index (χ2n) is 5.67. The lowest BCUT2D eigenvalue weighted by Gasteiger charge is -1.94. The van der Waals surface area contributed by atoms with Gasteiger partial charge in [-0.2, -0.15) is 0 Å². The summed E-state index contributed by atoms with van der Waals surface area (Å²) in [7, 11) is 2.01. The average molecular weight is 331 g/mol. The predicted molar refractivity (Wildman–Crippen MR) is 96.9 cm³/mol. The van der Waals surface area contributed by atoms with Crippen molar-refractivity contribution in [3.8, 4) is 21.8 Å². The number of rotatable bonds is 2. The number of hydrogen-bond acceptors (Lipinski definition) is 4. The number of aromatic amines is 1. The average Bonchev–Trinajstić information content (AvgIpc) is 3.32. The van der Waals surface area contributed by atoms with Crippen LogP contribution in [0.25, 0.3) is 43.9 Å². The summed E-state index contributed by atoms with van der Waals surface area (Å²) >= 11 is 1.65. The van der Waals surface area contributed by atoms with E-state index in [2.05, 4.69) is 38.7 Å². The first-order valence-electron chi connectivity index (χ1n) is 7.60. The summed E-state index contributed by atoms with van der Waals surface area (Å²) < 4.78 is 2.04. The van der Waals surface area contributed by atoms with Crippen LogP contribution in [0.2, 0.25) is 0 Å². The third-order valence-corrected chi connectivity index (χ3v) is 5.07. The molecule has 5 heterocycles. The molecule has 0 saturated heterocycles. The zero-order valence-corrected chi connectivity index (χ0v) is 13.7. The van der Waals surface area contributed by atoms with Crippen LogP contribution in [-0.4, -0.2) is 24.5 Å². The van der Waals surface area contributed by atoms with Crippen molar-refractivity contribution in [2.24, 2.45) is 7.05 Å². The summed E-state index contributed by atoms with van der Waals surface area (Å²) in [6.07, 6.45) is 7.68. The van der Waals surface area contributed by atoms with E-state index in [4.69, 9.17) is 4.98 Å². The second kappa shape index (κ2) is 5.01. The Morgan fingerprint density at radius 2 is 1.88 bits per heavy atom. The van der Waals surface area contributed by atoms with E-state index in [-0.39, 0.29) is 0 Å². The summed E-state index contributed by atoms with van der Waals surface area (Å²) in [4.78, 5) is 16.9. The molecule has 0 saturated carbocycles. The van der Waals surface area contributed by atoms with Gasteiger partial charge in [0.2, 0.25) is 0 Å². The maximum Gasteiger partial charge on any atom is 0.140 e. The molecule has 0 aliphatic heterocycles. The minimum atomic E-state index is 0.886. The van der Waals surface area contributed by atoms with Gasteiger partial charge in [-0.3, -0.25) is 0 Å². The van der Waals surface area contributed by atoms with Crippen LogP contribution in [0.1, 0.15) is 0 Å². The van der Waals surface area contributed by atoms with Crippen LogP contribution in [0.15, 0.2) is 54.4 Å². The number of nitrogens with zero attached hydrogens (tertiary/aromatic N) is 4. The van der Waals surface area contributed by atoms with E-state index in [1.165, 1.54) is 0 Å². The Balaban J connectivity index is 1.67. The standard InChI is InChI=1S/C18H13N5S/c1-23-9-14(12-5-3-7-20-17(12)23)18-22-15(10-24-18)13-8-21-16-11(13)4-2-6-19-16/h2-10H,1H3,(H,19,21). The maximum atomic E-state index is 4.87. The van der Waals surface area contributed by atoms with Crippen molar-refractivity contribution in [2.45, 2.75) is 0 Å². The number of hydrogen-bond donors (Lipinski definition) is 1. The first-order valence-corrected chi connectivity index (χ1v) is 8.47. The van der Waals surface area contributed by atoms with Crippen molar-refractivity contribution < 1.29 is 0 Å². The van der Waals surface area contributed by atoms with Crippen molar-refractivity contribution in [1.82, 2.24) is 24.5 Å². The molecule has 5 aromatic rings. The van der Waals surface area contributed by atoms with E-state index in [0.717, 1.165) is 43.9 Å². The summed E-state index contributed by atoms with van der Waals surface area (Å²) in [5.41, 5.74) is 5.03. The van der Waals surface area contributed by atoms with Gasteiger partial charge in [-0.1, -0.05) is 0 Å². The van der Waals surface area contributed by atoms with E-state index >= 15 is 0 Å². The van der Waals surface area contributed by atoms with Crippen molar-refractivity contribution in [2.75, 3.05) is 0 Å². The van der Waals surface area contributed by atoms with Crippen LogP contribution in [0.4, 0.5) is 0 Å². The Morgan fingerprint density at radius 3 is 2.79 bits per heavy atom. The van der Waals surface area contributed by atoms with Gasteiger partial charge in [0.05, 0.1) is 5.69 Å². The maximum absolute atomic E-state index is 4.87. The Labute approximate surface area is 141 Å². The van der Waals surface area contributed by atoms with Gasteiger partial charge in [0.1, 0.15) is 16.3 Å². The number of nitrogens with one attached hydrogen (secondary N) is 1. The monoisotopic (exact) mass is 331 g/mol. The number of pyridine rings is 2. The molecule has 24 heavy (non-hydrogen) atoms. The zero-order valence-electron chi connectivity index (χ0n) is 12.9. The van der Waals surface area contributed by atoms with Gasteiger partial charge in [-0.15, -0.1) is 11.3 Å². The highest BCUT2D eigenvalue weighted by Crippen LogP contribution is 2.35. The highest BCUT2D eigenvalue weighted by molar-refractivity contribution is 7.13. The highest BCUT2D eigenvalue weighted by Gasteiger charge is 2.15. The molecule has 5 aromatic heterocycles. The molecule has 5 nitrogen and oxygen atoms in total. The fraction of sp³-hybridized carbons (Fsp3) is 0.0556. The Kier molecular flexibility index (Phi) is 2.80. The predicted octanol–water partition coefficient (Wildman–Crippen LogP) is 4.24. The van der Waals surface area contributed by atoms with Crippen molar-refractivity contribution in [1.29, 1.82) is 0 Å². The van der Waals surface area contributed by atoms with Crippen LogP contribution in [0.3, 0.4) is 0 Å². The van der Waals surface area contributed by atoms with Crippen LogP contribution >= 0.6 is 11.3 Å². The van der Waals surface area contributed by atoms with Crippen LogP contribution in [0, 0.1) is 0 Å². The van der Waals surface area contributed by atoms with Gasteiger partial charge in [0.25, 0.3) is 0 Å². The molecule has 0 unspecified atom stereocenters. The number of H-pyrrole nitrogens is 1. The van der Waals surface area contributed by atoms with E-state index in [9.17, 15) is 0 Å². The second-order valence-corrected chi connectivity index (χ2v) is 6.53. The minimum absolute atomic E-state index is 0.886. The fourth-order valence-electron chi connectivity index (χ4n) is 3.07. The van der Waals surface area contributed by atoms with Crippen molar-refractivity contribution in [3.05, 3.63) is 54.4 Å². The molecule has 6 heteroatoms. The molecule has 0 radical (unpaired) electrons. The SMILES string of the molecule is Cn1cc(-c2nc(-c3c[nH]c4ncccc34)cs2)c2cccnc21. The molecular weight excluding hydrogens is 318 g/mol. The molecule has 0 spiro atoms. The van der Waals surface area contributed by atoms with Gasteiger partial charge in [0, 0.05) is 59.1 Å². The van der Waals surface area contributed by atoms with E-state index in [1.807, 2.05) is 36.1 Å². The summed E-state index contributed by atoms with van der Waals surface area (Å²) in [6, 6.07) is 8.07. The molecule has 0 amide bonds. The van der Waals surface area contributed by atoms with Crippen molar-refractivity contribution >= 4 is 33.4 Å². The lowest BCUT2D eigenvalue weighted by Crippen LogP contribution is -1.85. The Morgan fingerprint density at radius 1 is 1.04 bits per heavy atom. The van der Waals surface area contributed by atoms with Gasteiger partial charge < -0.3 is 9.55 Å². The van der Waals surface area contributed by atoms with Crippen molar-refractivity contribution in [3.63, 3.8) is 0 Å². The summed E-state index contributed by atoms with van der Waals surface area (Å²) in [6.45, 7) is 0. The normalized spacial score (nSPS) is 11.5. The molecule has 0 aromatic carbocycles. The minimum Gasteiger partial charge on any atom is -0.345 e. The molecule has 1 N–H and O–H groups in total. The summed E-state index contributed by atoms with van der Waals surface area (Å²) in [5.74, 6) is 0. The first-order chi connectivity index (χ1) is 11.8. The number of aryl methyl sites for hydroxylation is 1. The fourth-order valence-corrected chi connectivity index (χ4v) is 3.92. The Hall–Kier alpha value is -2.99. The van der Waals surface area contributed by atoms with E-state index in [0.29, 0.717) is 0 Å². The van der Waals surface area contributed by atoms with Crippen LogP contribution in [-0.2, 0) is 7.05 Å². The van der Waals surface area contributed by atoms with Gasteiger partial charge in [0.15, 0.2) is 0 Å². The first kappa shape index (κ1) is 13.4. The number of fused-ring (bicyclic) bond motifs is 2. The quantitative estimate of drug-likeness (QED) is 0.526. The smallest absolute Gasteiger partial charge is 0.140 e. The van der Waals surface area contributed by atoms with Gasteiger partial charge in [-0.25, -0.2) is 15.0 Å². The molecule has 0 atom stereocenters. The largest absolute Gasteiger partial charge is 0.345 e. The van der Waals surface area contributed by atoms with Crippen LogP contribution in [0.5, 0.6) is 0 Å². The van der Waals surface area contributed by atoms with E-state index in [1.54, 1.807) is 17.5 Å². The molecule has 0 bridgehead atoms. The molecule has 116 valence electrons. The molecular formula is C18H13N5S. The molecule has 0 fully saturated rings. The zero-order chi connectivity index (χ0) is 16.1. The van der Waals surface area contributed by atoms with Crippen LogP contribution < -0.4 is 0 Å². The molecule has 5 rings (SSSR count). The van der Waals surface area contributed by atoms with Gasteiger partial charge in [-0.05, 0) is 24.3 Å². The number of thiazole rings is 1. The van der Waals surface area contributed by atoms with E-state index < -0.39 is 0 Å². The highest BCUT2D eigenvalue weighted by atomic mass is 32.1. The molecule has 0 aliphatic rings. The Bertz CT molecular complexity index is 1180. The molecule has 0 aliphatic carbocycles. The number of aromatic nitrogens is 5. The topological polar surface area (TPSA) is 59.4 Å². The van der Waals surface area contributed by atoms with Gasteiger partial charge >= 0.3 is 0 Å². The lowest BCUT2D eigenvalue weighted by molar-refractivity contribution is 0.949. The summed E-state index contributed by atoms with van der Waals surface area (Å²) in [5, 5.41) is 5.32. The lowest BCUT2D eigenvalue weighted by atomic mass is 10.2. The third kappa shape index (κ3) is 1.90.